The predicted molar refractivity (Wildman–Crippen MR) is 156 cm³/mol. The Bertz CT molecular complexity index is 1390. The van der Waals surface area contributed by atoms with Gasteiger partial charge in [-0.3, -0.25) is 0 Å². The first-order valence-corrected chi connectivity index (χ1v) is 14.1. The minimum absolute atomic E-state index is 0.0442. The van der Waals surface area contributed by atoms with Crippen LogP contribution in [0.3, 0.4) is 0 Å². The Balaban J connectivity index is 1.57. The molecule has 0 aromatic heterocycles. The molecule has 0 aliphatic carbocycles. The van der Waals surface area contributed by atoms with Gasteiger partial charge in [0.15, 0.2) is 0 Å². The Morgan fingerprint density at radius 2 is 1.76 bits per heavy atom. The van der Waals surface area contributed by atoms with E-state index in [1.165, 1.54) is 11.0 Å². The Kier molecular flexibility index (Phi) is 8.52. The third kappa shape index (κ3) is 5.90. The standard InChI is InChI=1S/C33H37F3N4O/c1-38-18-16-31(29(36)22-38)39(2)32(41)40-21-24(27-19-26(34)13-14-28(27)35)20-33(40,25-11-7-4-8-12-25)17-15-30(37)23-9-5-3-6-10-23/h3-14,19-20,29-31H,15-18,21-22,37H2,1-2H3/t29?,30?,31?,33-/m0/s1. The van der Waals surface area contributed by atoms with E-state index >= 15 is 8.78 Å². The second-order valence-corrected chi connectivity index (χ2v) is 11.3. The van der Waals surface area contributed by atoms with E-state index in [0.717, 1.165) is 23.3 Å². The number of benzene rings is 3. The van der Waals surface area contributed by atoms with Gasteiger partial charge in [0.1, 0.15) is 17.8 Å². The first kappa shape index (κ1) is 28.9. The summed E-state index contributed by atoms with van der Waals surface area (Å²) < 4.78 is 44.6. The maximum atomic E-state index is 15.2. The molecule has 3 unspecified atom stereocenters. The van der Waals surface area contributed by atoms with Crippen molar-refractivity contribution in [2.24, 2.45) is 5.73 Å². The number of halogens is 3. The molecule has 0 bridgehead atoms. The monoisotopic (exact) mass is 562 g/mol. The third-order valence-corrected chi connectivity index (χ3v) is 8.58. The number of alkyl halides is 1. The molecular formula is C33H37F3N4O. The van der Waals surface area contributed by atoms with Gasteiger partial charge in [-0.2, -0.15) is 0 Å². The fraction of sp³-hybridized carbons (Fsp3) is 0.364. The molecule has 5 nitrogen and oxygen atoms in total. The van der Waals surface area contributed by atoms with Crippen molar-refractivity contribution in [2.75, 3.05) is 33.7 Å². The second kappa shape index (κ2) is 12.1. The lowest BCUT2D eigenvalue weighted by Crippen LogP contribution is -2.57. The maximum absolute atomic E-state index is 15.2. The summed E-state index contributed by atoms with van der Waals surface area (Å²) >= 11 is 0. The van der Waals surface area contributed by atoms with Gasteiger partial charge in [-0.25, -0.2) is 18.0 Å². The van der Waals surface area contributed by atoms with Crippen molar-refractivity contribution >= 4 is 11.6 Å². The maximum Gasteiger partial charge on any atom is 0.321 e. The van der Waals surface area contributed by atoms with E-state index in [4.69, 9.17) is 5.73 Å². The molecule has 1 fully saturated rings. The lowest BCUT2D eigenvalue weighted by Gasteiger charge is -2.44. The number of hydrogen-bond acceptors (Lipinski definition) is 3. The van der Waals surface area contributed by atoms with Crippen LogP contribution in [0.25, 0.3) is 5.57 Å². The molecule has 4 atom stereocenters. The summed E-state index contributed by atoms with van der Waals surface area (Å²) in [5.41, 5.74) is 8.03. The van der Waals surface area contributed by atoms with Crippen LogP contribution >= 0.6 is 0 Å². The fourth-order valence-electron chi connectivity index (χ4n) is 6.24. The molecule has 0 spiro atoms. The Morgan fingerprint density at radius 1 is 1.07 bits per heavy atom. The summed E-state index contributed by atoms with van der Waals surface area (Å²) in [7, 11) is 3.50. The van der Waals surface area contributed by atoms with Gasteiger partial charge in [-0.05, 0) is 67.3 Å². The average molecular weight is 563 g/mol. The zero-order valence-corrected chi connectivity index (χ0v) is 23.5. The zero-order valence-electron chi connectivity index (χ0n) is 23.5. The summed E-state index contributed by atoms with van der Waals surface area (Å²) in [4.78, 5) is 19.4. The molecule has 2 N–H and O–H groups in total. The van der Waals surface area contributed by atoms with Crippen molar-refractivity contribution < 1.29 is 18.0 Å². The Hall–Kier alpha value is -3.62. The van der Waals surface area contributed by atoms with Gasteiger partial charge in [-0.1, -0.05) is 60.7 Å². The topological polar surface area (TPSA) is 52.8 Å². The predicted octanol–water partition coefficient (Wildman–Crippen LogP) is 6.13. The van der Waals surface area contributed by atoms with E-state index in [-0.39, 0.29) is 30.7 Å². The molecule has 2 aliphatic heterocycles. The average Bonchev–Trinajstić information content (AvgIpc) is 3.38. The van der Waals surface area contributed by atoms with Crippen molar-refractivity contribution in [1.29, 1.82) is 0 Å². The highest BCUT2D eigenvalue weighted by Gasteiger charge is 2.47. The molecule has 5 rings (SSSR count). The molecule has 2 heterocycles. The van der Waals surface area contributed by atoms with Gasteiger partial charge in [0.2, 0.25) is 0 Å². The van der Waals surface area contributed by atoms with Crippen molar-refractivity contribution in [2.45, 2.75) is 43.1 Å². The first-order valence-electron chi connectivity index (χ1n) is 14.1. The van der Waals surface area contributed by atoms with Gasteiger partial charge in [0.05, 0.1) is 11.6 Å². The van der Waals surface area contributed by atoms with E-state index in [2.05, 4.69) is 0 Å². The number of likely N-dealkylation sites (tertiary alicyclic amines) is 1. The number of carbonyl (C=O) groups excluding carboxylic acids is 1. The van der Waals surface area contributed by atoms with Crippen LogP contribution in [-0.2, 0) is 5.54 Å². The Labute approximate surface area is 240 Å². The first-order chi connectivity index (χ1) is 19.7. The molecule has 1 saturated heterocycles. The van der Waals surface area contributed by atoms with Crippen LogP contribution in [0.1, 0.15) is 42.0 Å². The minimum atomic E-state index is -1.20. The van der Waals surface area contributed by atoms with E-state index < -0.39 is 29.4 Å². The second-order valence-electron chi connectivity index (χ2n) is 11.3. The number of nitrogens with two attached hydrogens (primary N) is 1. The van der Waals surface area contributed by atoms with E-state index in [1.54, 1.807) is 11.9 Å². The molecule has 3 aromatic rings. The number of rotatable bonds is 7. The molecule has 41 heavy (non-hydrogen) atoms. The lowest BCUT2D eigenvalue weighted by atomic mass is 9.82. The zero-order chi connectivity index (χ0) is 29.1. The van der Waals surface area contributed by atoms with Crippen LogP contribution in [0, 0.1) is 11.6 Å². The molecule has 0 saturated carbocycles. The summed E-state index contributed by atoms with van der Waals surface area (Å²) in [5, 5.41) is 0. The SMILES string of the molecule is CN1CCC(N(C)C(=O)N2CC(c3cc(F)ccc3F)=C[C@@]2(CCC(N)c2ccccc2)c2ccccc2)C(F)C1. The van der Waals surface area contributed by atoms with Crippen LogP contribution in [0.15, 0.2) is 84.9 Å². The van der Waals surface area contributed by atoms with Crippen molar-refractivity contribution in [3.8, 4) is 0 Å². The summed E-state index contributed by atoms with van der Waals surface area (Å²) in [6.45, 7) is 0.967. The quantitative estimate of drug-likeness (QED) is 0.377. The van der Waals surface area contributed by atoms with E-state index in [1.807, 2.05) is 78.7 Å². The van der Waals surface area contributed by atoms with Crippen LogP contribution in [-0.4, -0.2) is 66.7 Å². The number of piperidine rings is 1. The van der Waals surface area contributed by atoms with Crippen molar-refractivity contribution in [1.82, 2.24) is 14.7 Å². The number of nitrogens with zero attached hydrogens (tertiary/aromatic N) is 3. The van der Waals surface area contributed by atoms with Gasteiger partial charge < -0.3 is 20.4 Å². The van der Waals surface area contributed by atoms with Crippen LogP contribution in [0.2, 0.25) is 0 Å². The lowest BCUT2D eigenvalue weighted by molar-refractivity contribution is 0.0504. The number of carbonyl (C=O) groups is 1. The van der Waals surface area contributed by atoms with Crippen LogP contribution < -0.4 is 5.73 Å². The summed E-state index contributed by atoms with van der Waals surface area (Å²) in [6.07, 6.45) is 2.13. The van der Waals surface area contributed by atoms with E-state index in [0.29, 0.717) is 31.4 Å². The van der Waals surface area contributed by atoms with Gasteiger partial charge in [-0.15, -0.1) is 0 Å². The van der Waals surface area contributed by atoms with Crippen molar-refractivity contribution in [3.63, 3.8) is 0 Å². The minimum Gasteiger partial charge on any atom is -0.324 e. The molecule has 2 aliphatic rings. The van der Waals surface area contributed by atoms with Crippen molar-refractivity contribution in [3.05, 3.63) is 113 Å². The number of urea groups is 1. The normalized spacial score (nSPS) is 23.8. The highest BCUT2D eigenvalue weighted by Crippen LogP contribution is 2.45. The highest BCUT2D eigenvalue weighted by molar-refractivity contribution is 5.83. The van der Waals surface area contributed by atoms with Crippen LogP contribution in [0.5, 0.6) is 0 Å². The molecule has 216 valence electrons. The smallest absolute Gasteiger partial charge is 0.321 e. The molecular weight excluding hydrogens is 525 g/mol. The summed E-state index contributed by atoms with van der Waals surface area (Å²) in [6, 6.07) is 21.4. The van der Waals surface area contributed by atoms with Gasteiger partial charge in [0, 0.05) is 38.3 Å². The van der Waals surface area contributed by atoms with Gasteiger partial charge in [0.25, 0.3) is 0 Å². The number of amides is 2. The largest absolute Gasteiger partial charge is 0.324 e. The molecule has 8 heteroatoms. The van der Waals surface area contributed by atoms with Crippen LogP contribution in [0.4, 0.5) is 18.0 Å². The third-order valence-electron chi connectivity index (χ3n) is 8.58. The highest BCUT2D eigenvalue weighted by atomic mass is 19.1. The molecule has 3 aromatic carbocycles. The summed E-state index contributed by atoms with van der Waals surface area (Å²) in [5.74, 6) is -1.13. The van der Waals surface area contributed by atoms with Gasteiger partial charge >= 0.3 is 6.03 Å². The number of hydrogen-bond donors (Lipinski definition) is 1. The van der Waals surface area contributed by atoms with E-state index in [9.17, 15) is 9.18 Å². The fourth-order valence-corrected chi connectivity index (χ4v) is 6.24. The molecule has 0 radical (unpaired) electrons. The molecule has 2 amide bonds. The Morgan fingerprint density at radius 3 is 2.44 bits per heavy atom.